The van der Waals surface area contributed by atoms with Gasteiger partial charge in [0.05, 0.1) is 12.2 Å². The fourth-order valence-electron chi connectivity index (χ4n) is 4.05. The van der Waals surface area contributed by atoms with E-state index in [0.717, 1.165) is 41.4 Å². The molecule has 1 fully saturated rings. The molecule has 168 valence electrons. The number of benzene rings is 2. The molecule has 3 aromatic rings. The number of nitrogens with one attached hydrogen (secondary N) is 1. The average Bonchev–Trinajstić information content (AvgIpc) is 3.56. The monoisotopic (exact) mass is 432 g/mol. The molecule has 1 N–H and O–H groups in total. The molecule has 0 aliphatic heterocycles. The summed E-state index contributed by atoms with van der Waals surface area (Å²) in [5.74, 6) is 0.00192. The van der Waals surface area contributed by atoms with Gasteiger partial charge in [-0.3, -0.25) is 4.79 Å². The van der Waals surface area contributed by atoms with Crippen molar-refractivity contribution in [1.82, 2.24) is 14.4 Å². The third kappa shape index (κ3) is 4.79. The first-order valence-electron chi connectivity index (χ1n) is 11.4. The zero-order valence-corrected chi connectivity index (χ0v) is 19.1. The van der Waals surface area contributed by atoms with Crippen molar-refractivity contribution in [2.24, 2.45) is 7.05 Å². The van der Waals surface area contributed by atoms with E-state index < -0.39 is 0 Å². The summed E-state index contributed by atoms with van der Waals surface area (Å²) >= 11 is 0. The quantitative estimate of drug-likeness (QED) is 0.544. The van der Waals surface area contributed by atoms with Crippen LogP contribution in [0.1, 0.15) is 38.8 Å². The Morgan fingerprint density at radius 1 is 1.09 bits per heavy atom. The number of rotatable bonds is 8. The van der Waals surface area contributed by atoms with Crippen LogP contribution in [0.15, 0.2) is 60.8 Å². The van der Waals surface area contributed by atoms with Crippen molar-refractivity contribution in [3.8, 4) is 0 Å². The zero-order valence-electron chi connectivity index (χ0n) is 19.1. The van der Waals surface area contributed by atoms with Gasteiger partial charge in [0.2, 0.25) is 5.91 Å². The third-order valence-electron chi connectivity index (χ3n) is 6.41. The van der Waals surface area contributed by atoms with Crippen LogP contribution in [0, 0.1) is 0 Å². The molecule has 1 aliphatic carbocycles. The number of hydrogen-bond donors (Lipinski definition) is 1. The Bertz CT molecular complexity index is 1100. The topological polar surface area (TPSA) is 57.6 Å². The van der Waals surface area contributed by atoms with Gasteiger partial charge in [0.15, 0.2) is 0 Å². The van der Waals surface area contributed by atoms with Crippen molar-refractivity contribution in [3.63, 3.8) is 0 Å². The van der Waals surface area contributed by atoms with Gasteiger partial charge in [0.25, 0.3) is 0 Å². The van der Waals surface area contributed by atoms with Crippen molar-refractivity contribution in [2.45, 2.75) is 51.7 Å². The highest BCUT2D eigenvalue weighted by molar-refractivity contribution is 6.02. The van der Waals surface area contributed by atoms with E-state index in [2.05, 4.69) is 5.32 Å². The molecule has 1 aliphatic rings. The van der Waals surface area contributed by atoms with Crippen LogP contribution in [0.5, 0.6) is 0 Å². The number of aryl methyl sites for hydroxylation is 1. The number of carbonyl (C=O) groups excluding carboxylic acids is 2. The number of urea groups is 1. The van der Waals surface area contributed by atoms with Crippen LogP contribution in [-0.2, 0) is 18.4 Å². The van der Waals surface area contributed by atoms with Gasteiger partial charge < -0.3 is 19.7 Å². The minimum Gasteiger partial charge on any atom is -0.353 e. The van der Waals surface area contributed by atoms with Crippen LogP contribution in [-0.4, -0.2) is 44.9 Å². The molecule has 1 aromatic heterocycles. The number of amides is 3. The Labute approximate surface area is 189 Å². The lowest BCUT2D eigenvalue weighted by atomic mass is 10.1. The molecular formula is C26H32N4O2. The Balaban J connectivity index is 1.51. The minimum atomic E-state index is -0.237. The maximum Gasteiger partial charge on any atom is 0.322 e. The number of carbonyl (C=O) groups is 2. The van der Waals surface area contributed by atoms with Crippen molar-refractivity contribution in [3.05, 3.63) is 66.5 Å². The summed E-state index contributed by atoms with van der Waals surface area (Å²) in [6.07, 6.45) is 4.83. The fourth-order valence-corrected chi connectivity index (χ4v) is 4.05. The maximum absolute atomic E-state index is 13.4. The van der Waals surface area contributed by atoms with Gasteiger partial charge in [0, 0.05) is 36.4 Å². The van der Waals surface area contributed by atoms with E-state index in [-0.39, 0.29) is 30.6 Å². The van der Waals surface area contributed by atoms with Crippen LogP contribution >= 0.6 is 0 Å². The summed E-state index contributed by atoms with van der Waals surface area (Å²) in [4.78, 5) is 30.3. The first-order chi connectivity index (χ1) is 15.5. The fraction of sp³-hybridized carbons (Fsp3) is 0.385. The van der Waals surface area contributed by atoms with Gasteiger partial charge in [-0.2, -0.15) is 0 Å². The van der Waals surface area contributed by atoms with E-state index in [0.29, 0.717) is 6.54 Å². The van der Waals surface area contributed by atoms with Gasteiger partial charge >= 0.3 is 6.03 Å². The van der Waals surface area contributed by atoms with Gasteiger partial charge in [-0.15, -0.1) is 0 Å². The smallest absolute Gasteiger partial charge is 0.322 e. The first kappa shape index (κ1) is 21.9. The summed E-state index contributed by atoms with van der Waals surface area (Å²) in [6.45, 7) is 4.68. The van der Waals surface area contributed by atoms with Crippen molar-refractivity contribution in [1.29, 1.82) is 0 Å². The Hall–Kier alpha value is -3.28. The van der Waals surface area contributed by atoms with Crippen LogP contribution in [0.4, 0.5) is 10.5 Å². The molecule has 0 saturated heterocycles. The normalized spacial score (nSPS) is 14.2. The Morgan fingerprint density at radius 3 is 2.53 bits per heavy atom. The van der Waals surface area contributed by atoms with E-state index in [4.69, 9.17) is 0 Å². The van der Waals surface area contributed by atoms with E-state index in [1.807, 2.05) is 91.2 Å². The molecule has 4 rings (SSSR count). The number of anilines is 1. The number of hydrogen-bond acceptors (Lipinski definition) is 2. The van der Waals surface area contributed by atoms with E-state index >= 15 is 0 Å². The van der Waals surface area contributed by atoms with Crippen LogP contribution in [0.2, 0.25) is 0 Å². The number of fused-ring (bicyclic) bond motifs is 1. The lowest BCUT2D eigenvalue weighted by Crippen LogP contribution is -2.48. The standard InChI is InChI=1S/C26H32N4O2/c1-4-19(2)29(26(32)27-24-13-7-10-20-9-5-6-12-23(20)24)18-25(31)30(21-14-15-21)17-22-11-8-16-28(22)3/h5-13,16,19,21H,4,14-15,17-18H2,1-3H3,(H,27,32). The Morgan fingerprint density at radius 2 is 1.84 bits per heavy atom. The highest BCUT2D eigenvalue weighted by Gasteiger charge is 2.35. The first-order valence-corrected chi connectivity index (χ1v) is 11.4. The molecule has 1 atom stereocenters. The third-order valence-corrected chi connectivity index (χ3v) is 6.41. The average molecular weight is 433 g/mol. The minimum absolute atomic E-state index is 0.00192. The molecule has 0 bridgehead atoms. The van der Waals surface area contributed by atoms with Crippen LogP contribution in [0.3, 0.4) is 0 Å². The molecule has 32 heavy (non-hydrogen) atoms. The molecule has 3 amide bonds. The molecule has 1 saturated carbocycles. The molecule has 1 unspecified atom stereocenters. The number of nitrogens with zero attached hydrogens (tertiary/aromatic N) is 3. The van der Waals surface area contributed by atoms with E-state index in [9.17, 15) is 9.59 Å². The summed E-state index contributed by atoms with van der Waals surface area (Å²) in [5.41, 5.74) is 1.86. The molecule has 1 heterocycles. The number of aromatic nitrogens is 1. The molecule has 0 spiro atoms. The van der Waals surface area contributed by atoms with Crippen LogP contribution < -0.4 is 5.32 Å². The van der Waals surface area contributed by atoms with Crippen LogP contribution in [0.25, 0.3) is 10.8 Å². The second-order valence-corrected chi connectivity index (χ2v) is 8.71. The van der Waals surface area contributed by atoms with Crippen molar-refractivity contribution >= 4 is 28.4 Å². The summed E-state index contributed by atoms with van der Waals surface area (Å²) in [7, 11) is 1.99. The lowest BCUT2D eigenvalue weighted by molar-refractivity contribution is -0.133. The summed E-state index contributed by atoms with van der Waals surface area (Å²) in [6, 6.07) is 17.9. The second-order valence-electron chi connectivity index (χ2n) is 8.71. The predicted molar refractivity (Wildman–Crippen MR) is 128 cm³/mol. The second kappa shape index (κ2) is 9.47. The lowest BCUT2D eigenvalue weighted by Gasteiger charge is -2.31. The van der Waals surface area contributed by atoms with E-state index in [1.165, 1.54) is 0 Å². The molecular weight excluding hydrogens is 400 g/mol. The van der Waals surface area contributed by atoms with Gasteiger partial charge in [-0.1, -0.05) is 43.3 Å². The van der Waals surface area contributed by atoms with Gasteiger partial charge in [-0.25, -0.2) is 4.79 Å². The summed E-state index contributed by atoms with van der Waals surface area (Å²) in [5, 5.41) is 5.11. The molecule has 6 nitrogen and oxygen atoms in total. The maximum atomic E-state index is 13.4. The molecule has 6 heteroatoms. The summed E-state index contributed by atoms with van der Waals surface area (Å²) < 4.78 is 2.04. The van der Waals surface area contributed by atoms with Gasteiger partial charge in [0.1, 0.15) is 6.54 Å². The molecule has 2 aromatic carbocycles. The van der Waals surface area contributed by atoms with Crippen molar-refractivity contribution < 1.29 is 9.59 Å². The Kier molecular flexibility index (Phi) is 6.49. The molecule has 0 radical (unpaired) electrons. The SMILES string of the molecule is CCC(C)N(CC(=O)N(Cc1cccn1C)C1CC1)C(=O)Nc1cccc2ccccc12. The largest absolute Gasteiger partial charge is 0.353 e. The van der Waals surface area contributed by atoms with Crippen molar-refractivity contribution in [2.75, 3.05) is 11.9 Å². The highest BCUT2D eigenvalue weighted by Crippen LogP contribution is 2.29. The van der Waals surface area contributed by atoms with Gasteiger partial charge in [-0.05, 0) is 49.8 Å². The van der Waals surface area contributed by atoms with E-state index in [1.54, 1.807) is 4.90 Å². The predicted octanol–water partition coefficient (Wildman–Crippen LogP) is 5.00. The zero-order chi connectivity index (χ0) is 22.7. The highest BCUT2D eigenvalue weighted by atomic mass is 16.2.